The lowest BCUT2D eigenvalue weighted by Crippen LogP contribution is -2.50. The predicted octanol–water partition coefficient (Wildman–Crippen LogP) is 11.1. The van der Waals surface area contributed by atoms with E-state index >= 15 is 0 Å². The molecule has 3 aromatic carbocycles. The summed E-state index contributed by atoms with van der Waals surface area (Å²) in [5, 5.41) is 4.43. The van der Waals surface area contributed by atoms with Crippen LogP contribution in [0.15, 0.2) is 73.2 Å². The van der Waals surface area contributed by atoms with Crippen LogP contribution in [0.1, 0.15) is 105 Å². The van der Waals surface area contributed by atoms with Crippen molar-refractivity contribution in [1.82, 2.24) is 29.7 Å². The highest BCUT2D eigenvalue weighted by molar-refractivity contribution is 8.00. The van der Waals surface area contributed by atoms with Crippen molar-refractivity contribution in [3.8, 4) is 0 Å². The third-order valence-corrected chi connectivity index (χ3v) is 20.7. The molecule has 3 N–H and O–H groups in total. The molecule has 3 aliphatic carbocycles. The van der Waals surface area contributed by atoms with Crippen LogP contribution in [0.5, 0.6) is 0 Å². The first-order valence-corrected chi connectivity index (χ1v) is 30.0. The van der Waals surface area contributed by atoms with Crippen molar-refractivity contribution in [3.63, 3.8) is 0 Å². The molecule has 71 heavy (non-hydrogen) atoms. The number of rotatable bonds is 14. The number of nitrogens with zero attached hydrogens (tertiary/aromatic N) is 3. The Morgan fingerprint density at radius 3 is 1.24 bits per heavy atom. The highest BCUT2D eigenvalue weighted by atomic mass is 32.2. The number of aromatic nitrogens is 3. The number of nitrogens with one attached hydrogen (secondary N) is 3. The molecule has 9 nitrogen and oxygen atoms in total. The van der Waals surface area contributed by atoms with Crippen LogP contribution >= 0.6 is 35.3 Å². The van der Waals surface area contributed by atoms with E-state index in [0.29, 0.717) is 76.7 Å². The second kappa shape index (κ2) is 22.4. The molecule has 12 rings (SSSR count). The predicted molar refractivity (Wildman–Crippen MR) is 301 cm³/mol. The number of hydrogen-bond donors (Lipinski definition) is 3. The Morgan fingerprint density at radius 1 is 0.521 bits per heavy atom. The molecule has 6 heterocycles. The quantitative estimate of drug-likeness (QED) is 0.0983. The Kier molecular flexibility index (Phi) is 16.0. The third kappa shape index (κ3) is 10.9. The maximum atomic E-state index is 11.3. The number of fused-ring (bicyclic) bond motifs is 6. The Labute approximate surface area is 434 Å². The Balaban J connectivity index is 0.000000123. The minimum atomic E-state index is 0.288. The van der Waals surface area contributed by atoms with E-state index in [0.717, 1.165) is 43.2 Å². The molecule has 3 aromatic heterocycles. The SMILES string of the molecule is CC(=O)CSC[C@@H]1C[C@@H]2c3cccc4[nH]cc(c34)C[C@H]2N(C)C1.CC(=O)CSC[C@@H]1C[C@@H]2c3cccc4[nH]cc(c34)C[C@H]2N(C)C1.CCCN1C[C@H](CSCC(C)=O)C[C@@H]2c3cccc4[nH]cc(c34)C[C@H]21. The normalized spacial score (nSPS) is 26.7. The molecule has 0 unspecified atom stereocenters. The number of likely N-dealkylation sites (N-methyl/N-ethyl adjacent to an activating group) is 2. The smallest absolute Gasteiger partial charge is 0.139 e. The molecule has 12 heteroatoms. The van der Waals surface area contributed by atoms with Gasteiger partial charge in [0.25, 0.3) is 0 Å². The zero-order valence-corrected chi connectivity index (χ0v) is 45.4. The fourth-order valence-corrected chi connectivity index (χ4v) is 17.0. The van der Waals surface area contributed by atoms with Crippen LogP contribution in [-0.2, 0) is 33.6 Å². The molecule has 3 fully saturated rings. The first kappa shape index (κ1) is 50.7. The second-order valence-corrected chi connectivity index (χ2v) is 25.3. The van der Waals surface area contributed by atoms with Crippen LogP contribution in [-0.4, -0.2) is 140 Å². The molecular weight excluding hydrogens is 937 g/mol. The summed E-state index contributed by atoms with van der Waals surface area (Å²) in [5.41, 5.74) is 12.9. The maximum Gasteiger partial charge on any atom is 0.139 e. The van der Waals surface area contributed by atoms with Crippen LogP contribution in [0.25, 0.3) is 32.7 Å². The summed E-state index contributed by atoms with van der Waals surface area (Å²) in [4.78, 5) is 51.8. The topological polar surface area (TPSA) is 108 Å². The van der Waals surface area contributed by atoms with Gasteiger partial charge in [-0.2, -0.15) is 35.3 Å². The van der Waals surface area contributed by atoms with E-state index in [1.54, 1.807) is 49.9 Å². The first-order valence-electron chi connectivity index (χ1n) is 26.6. The van der Waals surface area contributed by atoms with Crippen molar-refractivity contribution in [1.29, 1.82) is 0 Å². The number of piperidine rings is 3. The molecule has 0 amide bonds. The summed E-state index contributed by atoms with van der Waals surface area (Å²) < 4.78 is 0. The van der Waals surface area contributed by atoms with Gasteiger partial charge in [-0.15, -0.1) is 0 Å². The highest BCUT2D eigenvalue weighted by Crippen LogP contribution is 2.48. The Hall–Kier alpha value is -3.78. The number of thioether (sulfide) groups is 3. The summed E-state index contributed by atoms with van der Waals surface area (Å²) in [7, 11) is 4.55. The molecule has 3 saturated heterocycles. The fraction of sp³-hybridized carbons (Fsp3) is 0.542. The van der Waals surface area contributed by atoms with Gasteiger partial charge in [-0.05, 0) is 173 Å². The van der Waals surface area contributed by atoms with Crippen LogP contribution in [0.4, 0.5) is 0 Å². The lowest BCUT2D eigenvalue weighted by molar-refractivity contribution is -0.115. The number of ketones is 3. The second-order valence-electron chi connectivity index (χ2n) is 22.2. The van der Waals surface area contributed by atoms with Crippen LogP contribution < -0.4 is 0 Å². The minimum Gasteiger partial charge on any atom is -0.361 e. The number of likely N-dealkylation sites (tertiary alicyclic amines) is 3. The van der Waals surface area contributed by atoms with Gasteiger partial charge in [0.05, 0.1) is 17.3 Å². The average molecular weight is 1010 g/mol. The van der Waals surface area contributed by atoms with Crippen LogP contribution in [0.2, 0.25) is 0 Å². The van der Waals surface area contributed by atoms with Crippen LogP contribution in [0.3, 0.4) is 0 Å². The number of H-pyrrole nitrogens is 3. The van der Waals surface area contributed by atoms with Gasteiger partial charge in [0, 0.05) is 107 Å². The maximum absolute atomic E-state index is 11.3. The third-order valence-electron chi connectivity index (χ3n) is 16.8. The molecule has 0 saturated carbocycles. The fourth-order valence-electron chi connectivity index (χ4n) is 14.0. The van der Waals surface area contributed by atoms with E-state index < -0.39 is 0 Å². The van der Waals surface area contributed by atoms with Crippen molar-refractivity contribution in [2.24, 2.45) is 17.8 Å². The molecule has 0 bridgehead atoms. The van der Waals surface area contributed by atoms with E-state index in [4.69, 9.17) is 0 Å². The van der Waals surface area contributed by atoms with Gasteiger partial charge in [0.2, 0.25) is 0 Å². The van der Waals surface area contributed by atoms with Gasteiger partial charge >= 0.3 is 0 Å². The molecule has 6 aromatic rings. The van der Waals surface area contributed by atoms with Crippen LogP contribution in [0, 0.1) is 17.8 Å². The van der Waals surface area contributed by atoms with Gasteiger partial charge in [0.1, 0.15) is 17.3 Å². The highest BCUT2D eigenvalue weighted by Gasteiger charge is 2.42. The van der Waals surface area contributed by atoms with Crippen molar-refractivity contribution in [3.05, 3.63) is 107 Å². The molecule has 378 valence electrons. The lowest BCUT2D eigenvalue weighted by Gasteiger charge is -2.47. The molecule has 3 aliphatic heterocycles. The standard InChI is InChI=1S/C21H28N2OS.2C19H24N2OS/c1-3-7-23-11-15(13-25-12-14(2)24)8-18-17-5-4-6-19-21(17)16(10-22-19)9-20(18)23;2*1-12(22)10-23-11-13-6-16-15-4-3-5-17-19(15)14(8-20-17)7-18(16)21(2)9-13/h4-6,10,15,18,20,22H,3,7-9,11-13H2,1-2H3;2*3-5,8,13,16,18,20H,6-7,9-11H2,1-2H3/t15-,18-,20-;2*13-,16-,18-/m111/s1. The van der Waals surface area contributed by atoms with Crippen molar-refractivity contribution >= 4 is 85.3 Å². The first-order chi connectivity index (χ1) is 34.4. The van der Waals surface area contributed by atoms with Crippen molar-refractivity contribution in [2.45, 2.75) is 109 Å². The number of carbonyl (C=O) groups excluding carboxylic acids is 3. The zero-order chi connectivity index (χ0) is 49.3. The van der Waals surface area contributed by atoms with E-state index in [1.807, 2.05) is 11.8 Å². The van der Waals surface area contributed by atoms with Crippen molar-refractivity contribution < 1.29 is 14.4 Å². The van der Waals surface area contributed by atoms with Crippen molar-refractivity contribution in [2.75, 3.05) is 74.8 Å². The minimum absolute atomic E-state index is 0.288. The van der Waals surface area contributed by atoms with E-state index in [1.165, 1.54) is 106 Å². The van der Waals surface area contributed by atoms with Gasteiger partial charge < -0.3 is 24.8 Å². The number of hydrogen-bond acceptors (Lipinski definition) is 9. The van der Waals surface area contributed by atoms with Gasteiger partial charge in [-0.3, -0.25) is 19.3 Å². The van der Waals surface area contributed by atoms with E-state index in [2.05, 4.69) is 124 Å². The summed E-state index contributed by atoms with van der Waals surface area (Å²) in [6.07, 6.45) is 15.1. The van der Waals surface area contributed by atoms with E-state index in [-0.39, 0.29) is 11.6 Å². The Bertz CT molecular complexity index is 2720. The van der Waals surface area contributed by atoms with Gasteiger partial charge in [-0.25, -0.2) is 0 Å². The average Bonchev–Trinajstić information content (AvgIpc) is 4.09. The molecule has 6 aliphatic rings. The number of carbonyl (C=O) groups is 3. The van der Waals surface area contributed by atoms with E-state index in [9.17, 15) is 14.4 Å². The molecular formula is C59H76N6O3S3. The lowest BCUT2D eigenvalue weighted by atomic mass is 9.72. The largest absolute Gasteiger partial charge is 0.361 e. The zero-order valence-electron chi connectivity index (χ0n) is 42.9. The summed E-state index contributed by atoms with van der Waals surface area (Å²) >= 11 is 5.44. The molecule has 0 spiro atoms. The monoisotopic (exact) mass is 1010 g/mol. The summed E-state index contributed by atoms with van der Waals surface area (Å²) in [6.45, 7) is 12.0. The number of benzene rings is 3. The van der Waals surface area contributed by atoms with Gasteiger partial charge in [-0.1, -0.05) is 43.3 Å². The summed E-state index contributed by atoms with van der Waals surface area (Å²) in [5.74, 6) is 10.1. The number of Topliss-reactive ketones (excluding diaryl/α,β-unsaturated/α-hetero) is 3. The van der Waals surface area contributed by atoms with Gasteiger partial charge in [0.15, 0.2) is 0 Å². The summed E-state index contributed by atoms with van der Waals surface area (Å²) in [6, 6.07) is 22.1. The Morgan fingerprint density at radius 2 is 0.873 bits per heavy atom. The number of aromatic amines is 3. The molecule has 0 radical (unpaired) electrons. The molecule has 9 atom stereocenters.